The normalized spacial score (nSPS) is 16.3. The maximum absolute atomic E-state index is 13.5. The van der Waals surface area contributed by atoms with Crippen molar-refractivity contribution in [1.82, 2.24) is 15.1 Å². The van der Waals surface area contributed by atoms with Crippen LogP contribution in [0.15, 0.2) is 48.5 Å². The number of fused-ring (bicyclic) bond motifs is 1. The topological polar surface area (TPSA) is 81.5 Å². The quantitative estimate of drug-likeness (QED) is 0.527. The Kier molecular flexibility index (Phi) is 6.73. The second kappa shape index (κ2) is 10.1. The zero-order valence-corrected chi connectivity index (χ0v) is 19.9. The van der Waals surface area contributed by atoms with Crippen molar-refractivity contribution in [3.05, 3.63) is 71.2 Å². The number of nitrogens with one attached hydrogen (secondary N) is 1. The van der Waals surface area contributed by atoms with Gasteiger partial charge in [0.05, 0.1) is 0 Å². The molecule has 0 saturated carbocycles. The molecule has 0 spiro atoms. The van der Waals surface area contributed by atoms with Crippen LogP contribution in [0.25, 0.3) is 0 Å². The predicted molar refractivity (Wildman–Crippen MR) is 136 cm³/mol. The Morgan fingerprint density at radius 1 is 1.09 bits per heavy atom. The summed E-state index contributed by atoms with van der Waals surface area (Å²) in [6, 6.07) is 13.7. The van der Waals surface area contributed by atoms with Gasteiger partial charge in [0.2, 0.25) is 0 Å². The fourth-order valence-electron chi connectivity index (χ4n) is 4.53. The van der Waals surface area contributed by atoms with Crippen LogP contribution in [0.3, 0.4) is 0 Å². The number of amides is 1. The lowest BCUT2D eigenvalue weighted by molar-refractivity contribution is 0.0982. The van der Waals surface area contributed by atoms with Gasteiger partial charge in [-0.05, 0) is 60.7 Å². The number of H-pyrrole nitrogens is 1. The lowest BCUT2D eigenvalue weighted by Crippen LogP contribution is -2.49. The van der Waals surface area contributed by atoms with Crippen LogP contribution in [0, 0.1) is 5.82 Å². The minimum atomic E-state index is -0.216. The van der Waals surface area contributed by atoms with Crippen LogP contribution in [-0.4, -0.2) is 66.0 Å². The highest BCUT2D eigenvalue weighted by molar-refractivity contribution is 7.98. The number of aromatic amines is 1. The monoisotopic (exact) mass is 480 g/mol. The van der Waals surface area contributed by atoms with E-state index < -0.39 is 0 Å². The first-order valence-electron chi connectivity index (χ1n) is 11.6. The summed E-state index contributed by atoms with van der Waals surface area (Å²) in [5.74, 6) is 2.40. The summed E-state index contributed by atoms with van der Waals surface area (Å²) in [6.07, 6.45) is 0.947. The number of benzene rings is 2. The molecule has 1 aromatic heterocycles. The van der Waals surface area contributed by atoms with Crippen LogP contribution in [0.5, 0.6) is 0 Å². The second-order valence-corrected chi connectivity index (χ2v) is 9.80. The average Bonchev–Trinajstić information content (AvgIpc) is 3.29. The number of aryl methyl sites for hydroxylation is 1. The molecule has 1 fully saturated rings. The highest BCUT2D eigenvalue weighted by atomic mass is 32.2. The number of nitrogens with two attached hydrogens (primary N) is 1. The first-order chi connectivity index (χ1) is 16.6. The van der Waals surface area contributed by atoms with Crippen molar-refractivity contribution in [3.8, 4) is 0 Å². The van der Waals surface area contributed by atoms with Crippen molar-refractivity contribution in [1.29, 1.82) is 0 Å². The first-order valence-corrected chi connectivity index (χ1v) is 12.8. The number of carbonyl (C=O) groups excluding carboxylic acids is 1. The molecule has 3 aromatic rings. The molecule has 2 aliphatic heterocycles. The number of carbonyl (C=O) groups is 1. The summed E-state index contributed by atoms with van der Waals surface area (Å²) in [7, 11) is 0. The molecule has 2 aliphatic rings. The van der Waals surface area contributed by atoms with Crippen molar-refractivity contribution >= 4 is 34.9 Å². The van der Waals surface area contributed by atoms with E-state index in [1.165, 1.54) is 12.1 Å². The van der Waals surface area contributed by atoms with Crippen LogP contribution in [0.4, 0.5) is 21.6 Å². The summed E-state index contributed by atoms with van der Waals surface area (Å²) in [6.45, 7) is 4.82. The highest BCUT2D eigenvalue weighted by Gasteiger charge is 2.27. The van der Waals surface area contributed by atoms with Crippen LogP contribution in [0.2, 0.25) is 0 Å². The van der Waals surface area contributed by atoms with Crippen molar-refractivity contribution in [2.45, 2.75) is 12.2 Å². The zero-order valence-electron chi connectivity index (χ0n) is 19.0. The van der Waals surface area contributed by atoms with Crippen molar-refractivity contribution in [2.75, 3.05) is 60.6 Å². The van der Waals surface area contributed by atoms with Crippen LogP contribution >= 0.6 is 11.8 Å². The largest absolute Gasteiger partial charge is 0.399 e. The van der Waals surface area contributed by atoms with Gasteiger partial charge in [-0.3, -0.25) is 19.7 Å². The molecule has 0 aliphatic carbocycles. The summed E-state index contributed by atoms with van der Waals surface area (Å²) >= 11 is 1.87. The van der Waals surface area contributed by atoms with E-state index in [1.54, 1.807) is 24.3 Å². The minimum Gasteiger partial charge on any atom is -0.399 e. The van der Waals surface area contributed by atoms with Crippen LogP contribution in [-0.2, 0) is 12.2 Å². The Bertz CT molecular complexity index is 1130. The van der Waals surface area contributed by atoms with Gasteiger partial charge in [-0.2, -0.15) is 16.9 Å². The van der Waals surface area contributed by atoms with E-state index in [0.29, 0.717) is 17.8 Å². The summed E-state index contributed by atoms with van der Waals surface area (Å²) in [4.78, 5) is 20.0. The zero-order chi connectivity index (χ0) is 23.5. The Hall–Kier alpha value is -3.04. The lowest BCUT2D eigenvalue weighted by Gasteiger charge is -2.37. The molecule has 9 heteroatoms. The van der Waals surface area contributed by atoms with Gasteiger partial charge in [-0.1, -0.05) is 0 Å². The van der Waals surface area contributed by atoms with Gasteiger partial charge in [0.25, 0.3) is 5.91 Å². The molecule has 34 heavy (non-hydrogen) atoms. The number of thioether (sulfide) groups is 1. The maximum Gasteiger partial charge on any atom is 0.259 e. The van der Waals surface area contributed by atoms with E-state index in [1.807, 2.05) is 28.8 Å². The van der Waals surface area contributed by atoms with E-state index >= 15 is 0 Å². The molecule has 1 amide bonds. The number of halogens is 1. The Morgan fingerprint density at radius 2 is 1.82 bits per heavy atom. The van der Waals surface area contributed by atoms with E-state index in [4.69, 9.17) is 5.73 Å². The smallest absolute Gasteiger partial charge is 0.259 e. The summed E-state index contributed by atoms with van der Waals surface area (Å²) in [5.41, 5.74) is 10.4. The summed E-state index contributed by atoms with van der Waals surface area (Å²) < 4.78 is 13.2. The number of nitrogens with zero attached hydrogens (tertiary/aromatic N) is 4. The number of rotatable bonds is 6. The molecule has 0 radical (unpaired) electrons. The molecule has 3 N–H and O–H groups in total. The van der Waals surface area contributed by atoms with Crippen molar-refractivity contribution in [2.24, 2.45) is 0 Å². The van der Waals surface area contributed by atoms with Gasteiger partial charge in [0.15, 0.2) is 5.82 Å². The van der Waals surface area contributed by atoms with Gasteiger partial charge in [-0.25, -0.2) is 4.39 Å². The fraction of sp³-hybridized carbons (Fsp3) is 0.360. The Morgan fingerprint density at radius 3 is 2.56 bits per heavy atom. The number of hydrogen-bond donors (Lipinski definition) is 2. The van der Waals surface area contributed by atoms with Crippen LogP contribution < -0.4 is 15.5 Å². The Labute approximate surface area is 203 Å². The van der Waals surface area contributed by atoms with Crippen molar-refractivity contribution in [3.63, 3.8) is 0 Å². The van der Waals surface area contributed by atoms with Gasteiger partial charge >= 0.3 is 0 Å². The number of aromatic nitrogens is 2. The van der Waals surface area contributed by atoms with E-state index in [9.17, 15) is 9.18 Å². The molecular weight excluding hydrogens is 451 g/mol. The molecule has 178 valence electrons. The van der Waals surface area contributed by atoms with Gasteiger partial charge in [-0.15, -0.1) is 0 Å². The molecule has 0 unspecified atom stereocenters. The van der Waals surface area contributed by atoms with Gasteiger partial charge in [0.1, 0.15) is 5.82 Å². The van der Waals surface area contributed by atoms with E-state index in [-0.39, 0.29) is 11.7 Å². The average molecular weight is 481 g/mol. The van der Waals surface area contributed by atoms with E-state index in [0.717, 1.165) is 73.4 Å². The number of anilines is 3. The number of hydrogen-bond acceptors (Lipinski definition) is 6. The molecule has 1 saturated heterocycles. The molecule has 3 heterocycles. The van der Waals surface area contributed by atoms with Gasteiger partial charge < -0.3 is 10.6 Å². The third-order valence-electron chi connectivity index (χ3n) is 6.54. The number of piperazine rings is 1. The molecule has 0 bridgehead atoms. The maximum atomic E-state index is 13.5. The molecule has 7 nitrogen and oxygen atoms in total. The van der Waals surface area contributed by atoms with Crippen molar-refractivity contribution < 1.29 is 9.18 Å². The summed E-state index contributed by atoms with van der Waals surface area (Å²) in [5, 5.41) is 7.73. The van der Waals surface area contributed by atoms with E-state index in [2.05, 4.69) is 20.0 Å². The standard InChI is InChI=1S/C25H29FN6OS/c26-19-3-7-21(8-4-19)31-13-10-30(11-14-31)12-15-32(25(33)18-1-5-20(27)6-2-18)24-22-17-34-16-9-23(22)28-29-24/h1-8H,9-17,27H2,(H,28,29). The molecular formula is C25H29FN6OS. The second-order valence-electron chi connectivity index (χ2n) is 8.69. The molecule has 0 atom stereocenters. The number of nitrogen functional groups attached to an aromatic ring is 1. The first kappa shape index (κ1) is 22.7. The SMILES string of the molecule is Nc1ccc(C(=O)N(CCN2CCN(c3ccc(F)cc3)CC2)c2n[nH]c3c2CSCC3)cc1. The molecule has 2 aromatic carbocycles. The van der Waals surface area contributed by atoms with Gasteiger partial charge in [0, 0.05) is 73.2 Å². The highest BCUT2D eigenvalue weighted by Crippen LogP contribution is 2.31. The third kappa shape index (κ3) is 4.90. The predicted octanol–water partition coefficient (Wildman–Crippen LogP) is 3.39. The minimum absolute atomic E-state index is 0.0604. The van der Waals surface area contributed by atoms with Crippen LogP contribution in [0.1, 0.15) is 21.6 Å². The lowest BCUT2D eigenvalue weighted by atomic mass is 10.1. The fourth-order valence-corrected chi connectivity index (χ4v) is 5.53. The molecule has 5 rings (SSSR count). The Balaban J connectivity index is 1.28. The third-order valence-corrected chi connectivity index (χ3v) is 7.52.